The first-order chi connectivity index (χ1) is 21.8. The van der Waals surface area contributed by atoms with Crippen LogP contribution < -0.4 is 15.1 Å². The van der Waals surface area contributed by atoms with Gasteiger partial charge in [-0.3, -0.25) is 19.7 Å². The number of hydrogen-bond acceptors (Lipinski definition) is 8. The fourth-order valence-electron chi connectivity index (χ4n) is 5.92. The van der Waals surface area contributed by atoms with E-state index in [0.29, 0.717) is 53.0 Å². The molecule has 15 heteroatoms. The molecule has 2 aromatic heterocycles. The summed E-state index contributed by atoms with van der Waals surface area (Å²) < 4.78 is 62.9. The van der Waals surface area contributed by atoms with Gasteiger partial charge in [-0.15, -0.1) is 0 Å². The number of fused-ring (bicyclic) bond motifs is 1. The van der Waals surface area contributed by atoms with Gasteiger partial charge in [0.2, 0.25) is 17.8 Å². The predicted octanol–water partition coefficient (Wildman–Crippen LogP) is 3.00. The van der Waals surface area contributed by atoms with E-state index in [9.17, 15) is 23.1 Å². The second kappa shape index (κ2) is 13.2. The highest BCUT2D eigenvalue weighted by Gasteiger charge is 2.46. The third-order valence-corrected chi connectivity index (χ3v) is 8.31. The molecule has 3 aromatic rings. The molecule has 1 amide bonds. The number of imidazole rings is 1. The number of hydrogen-bond donors (Lipinski definition) is 3. The van der Waals surface area contributed by atoms with E-state index in [4.69, 9.17) is 15.6 Å². The van der Waals surface area contributed by atoms with E-state index in [1.54, 1.807) is 13.0 Å². The number of piperidine rings is 1. The minimum atomic E-state index is -2.89. The van der Waals surface area contributed by atoms with Crippen LogP contribution in [0.3, 0.4) is 0 Å². The smallest absolute Gasteiger partial charge is 0.387 e. The molecule has 1 unspecified atom stereocenters. The Labute approximate surface area is 263 Å². The first kappa shape index (κ1) is 33.0. The lowest BCUT2D eigenvalue weighted by Gasteiger charge is -2.47. The first-order valence-corrected chi connectivity index (χ1v) is 14.8. The van der Waals surface area contributed by atoms with Gasteiger partial charge in [-0.1, -0.05) is 6.58 Å². The van der Waals surface area contributed by atoms with Crippen molar-refractivity contribution in [1.29, 1.82) is 0 Å². The van der Waals surface area contributed by atoms with Gasteiger partial charge in [0, 0.05) is 25.2 Å². The van der Waals surface area contributed by atoms with Crippen molar-refractivity contribution >= 4 is 28.4 Å². The highest BCUT2D eigenvalue weighted by molar-refractivity contribution is 6.47. The Hall–Kier alpha value is -4.37. The number of amides is 1. The monoisotopic (exact) mass is 645 g/mol. The highest BCUT2D eigenvalue weighted by atomic mass is 19.3. The molecule has 0 saturated carbocycles. The number of carbonyl (C=O) groups excluding carboxylic acids is 1. The number of benzene rings is 1. The van der Waals surface area contributed by atoms with Gasteiger partial charge in [0.25, 0.3) is 0 Å². The van der Waals surface area contributed by atoms with Crippen LogP contribution in [-0.4, -0.2) is 93.2 Å². The Morgan fingerprint density at radius 2 is 2.07 bits per heavy atom. The van der Waals surface area contributed by atoms with E-state index in [0.717, 1.165) is 18.6 Å². The lowest BCUT2D eigenvalue weighted by Crippen LogP contribution is -2.65. The summed E-state index contributed by atoms with van der Waals surface area (Å²) in [6.07, 6.45) is 4.60. The van der Waals surface area contributed by atoms with E-state index in [-0.39, 0.29) is 55.2 Å². The van der Waals surface area contributed by atoms with Gasteiger partial charge in [0.05, 0.1) is 36.7 Å². The average molecular weight is 646 g/mol. The number of likely N-dealkylation sites (tertiary alicyclic amines) is 2. The van der Waals surface area contributed by atoms with Gasteiger partial charge >= 0.3 is 6.55 Å². The standard InChI is InChI=1S/C31H36F4N8O3/c1-4-26(44)42-15-31(35,16-42)14-41-9-7-22(8-10-41)39-19(2)27(40-36)20-11-23-28(43(18-38-23)29(33)34)24(12-20)46-17-30(3,45)25-6-5-21(32)13-37-25/h4-6,11-13,18,22,29,45H,1,7-10,14-17H2,2-3H3,(H2,36,39)/p+1. The molecule has 11 nitrogen and oxygen atoms in total. The predicted molar refractivity (Wildman–Crippen MR) is 163 cm³/mol. The maximum absolute atomic E-state index is 15.1. The Morgan fingerprint density at radius 1 is 1.35 bits per heavy atom. The van der Waals surface area contributed by atoms with Gasteiger partial charge in [-0.25, -0.2) is 13.8 Å². The molecule has 2 aliphatic rings. The fourth-order valence-corrected chi connectivity index (χ4v) is 5.92. The molecule has 4 heterocycles. The SMILES string of the molecule is C=CC(=O)N1CC(F)(CN2CCC(N=C(C)/C(=N\N)c3cc(OCC(C)(O)c4ccc(F)cn4)c4c(c3)[nH]c[n+]4C(F)F)CC2)C1. The topological polar surface area (TPSA) is 136 Å². The molecular formula is C31H37F4N8O3+. The number of nitrogens with one attached hydrogen (secondary N) is 1. The number of nitrogens with zero attached hydrogens (tertiary/aromatic N) is 6. The number of hydrazone groups is 1. The molecule has 0 spiro atoms. The Balaban J connectivity index is 1.31. The quantitative estimate of drug-likeness (QED) is 0.0733. The number of nitrogens with two attached hydrogens (primary N) is 1. The zero-order valence-electron chi connectivity index (χ0n) is 25.6. The van der Waals surface area contributed by atoms with Crippen molar-refractivity contribution in [3.63, 3.8) is 0 Å². The number of aromatic nitrogens is 3. The van der Waals surface area contributed by atoms with Crippen LogP contribution in [0.1, 0.15) is 44.5 Å². The number of pyridine rings is 1. The van der Waals surface area contributed by atoms with Crippen LogP contribution >= 0.6 is 0 Å². The molecule has 2 saturated heterocycles. The minimum Gasteiger partial charge on any atom is -0.486 e. The van der Waals surface area contributed by atoms with Crippen molar-refractivity contribution < 1.29 is 36.8 Å². The molecule has 1 aromatic carbocycles. The minimum absolute atomic E-state index is 0.0168. The van der Waals surface area contributed by atoms with Crippen molar-refractivity contribution in [3.8, 4) is 5.75 Å². The van der Waals surface area contributed by atoms with Gasteiger partial charge in [-0.2, -0.15) is 18.4 Å². The van der Waals surface area contributed by atoms with Crippen molar-refractivity contribution in [2.75, 3.05) is 39.3 Å². The van der Waals surface area contributed by atoms with Gasteiger partial charge in [0.1, 0.15) is 23.7 Å². The van der Waals surface area contributed by atoms with Crippen LogP contribution in [0, 0.1) is 5.82 Å². The van der Waals surface area contributed by atoms with Crippen molar-refractivity contribution in [1.82, 2.24) is 19.8 Å². The first-order valence-electron chi connectivity index (χ1n) is 14.8. The summed E-state index contributed by atoms with van der Waals surface area (Å²) in [6, 6.07) is 5.49. The molecule has 0 bridgehead atoms. The average Bonchev–Trinajstić information content (AvgIpc) is 3.44. The Kier molecular flexibility index (Phi) is 9.44. The molecule has 4 N–H and O–H groups in total. The molecule has 2 fully saturated rings. The van der Waals surface area contributed by atoms with Crippen molar-refractivity contribution in [3.05, 3.63) is 66.5 Å². The molecule has 0 aliphatic carbocycles. The number of aromatic amines is 1. The maximum Gasteiger partial charge on any atom is 0.387 e. The summed E-state index contributed by atoms with van der Waals surface area (Å²) in [5.41, 5.74) is -1.37. The second-order valence-corrected chi connectivity index (χ2v) is 12.0. The van der Waals surface area contributed by atoms with E-state index in [1.807, 2.05) is 4.90 Å². The normalized spacial score (nSPS) is 19.3. The maximum atomic E-state index is 15.1. The lowest BCUT2D eigenvalue weighted by atomic mass is 9.93. The van der Waals surface area contributed by atoms with E-state index >= 15 is 4.39 Å². The largest absolute Gasteiger partial charge is 0.486 e. The Morgan fingerprint density at radius 3 is 2.67 bits per heavy atom. The van der Waals surface area contributed by atoms with Gasteiger partial charge in [-0.05, 0) is 57.0 Å². The third kappa shape index (κ3) is 7.04. The van der Waals surface area contributed by atoms with Crippen LogP contribution in [0.4, 0.5) is 17.6 Å². The Bertz CT molecular complexity index is 1640. The highest BCUT2D eigenvalue weighted by Crippen LogP contribution is 2.30. The number of ether oxygens (including phenoxy) is 1. The lowest BCUT2D eigenvalue weighted by molar-refractivity contribution is -0.751. The number of alkyl halides is 3. The number of aliphatic imine (C=N–C) groups is 1. The van der Waals surface area contributed by atoms with Crippen molar-refractivity contribution in [2.45, 2.75) is 50.6 Å². The summed E-state index contributed by atoms with van der Waals surface area (Å²) in [5.74, 6) is 4.98. The molecule has 5 rings (SSSR count). The second-order valence-electron chi connectivity index (χ2n) is 12.0. The summed E-state index contributed by atoms with van der Waals surface area (Å²) in [6.45, 7) is 4.93. The number of halogens is 4. The van der Waals surface area contributed by atoms with Crippen LogP contribution in [0.2, 0.25) is 0 Å². The van der Waals surface area contributed by atoms with Crippen LogP contribution in [-0.2, 0) is 10.4 Å². The van der Waals surface area contributed by atoms with Crippen LogP contribution in [0.25, 0.3) is 11.0 Å². The summed E-state index contributed by atoms with van der Waals surface area (Å²) in [4.78, 5) is 26.7. The molecule has 1 atom stereocenters. The van der Waals surface area contributed by atoms with E-state index < -0.39 is 23.6 Å². The molecule has 46 heavy (non-hydrogen) atoms. The number of carbonyl (C=O) groups is 1. The number of aliphatic hydroxyl groups is 1. The zero-order valence-corrected chi connectivity index (χ0v) is 25.6. The fraction of sp³-hybridized carbons (Fsp3) is 0.452. The van der Waals surface area contributed by atoms with Crippen molar-refractivity contribution in [2.24, 2.45) is 15.9 Å². The molecule has 0 radical (unpaired) electrons. The number of rotatable bonds is 11. The van der Waals surface area contributed by atoms with E-state index in [1.165, 1.54) is 30.0 Å². The van der Waals surface area contributed by atoms with E-state index in [2.05, 4.69) is 21.6 Å². The third-order valence-electron chi connectivity index (χ3n) is 8.31. The van der Waals surface area contributed by atoms with Crippen LogP contribution in [0.5, 0.6) is 5.75 Å². The summed E-state index contributed by atoms with van der Waals surface area (Å²) >= 11 is 0. The summed E-state index contributed by atoms with van der Waals surface area (Å²) in [7, 11) is 0. The molecule has 246 valence electrons. The van der Waals surface area contributed by atoms with Gasteiger partial charge in [0.15, 0.2) is 16.9 Å². The number of H-pyrrole nitrogens is 1. The molecule has 2 aliphatic heterocycles. The van der Waals surface area contributed by atoms with Gasteiger partial charge < -0.3 is 20.6 Å². The van der Waals surface area contributed by atoms with Crippen LogP contribution in [0.15, 0.2) is 59.5 Å². The summed E-state index contributed by atoms with van der Waals surface area (Å²) in [5, 5.41) is 15.0. The molecular weight excluding hydrogens is 608 g/mol. The zero-order chi connectivity index (χ0) is 33.2.